The van der Waals surface area contributed by atoms with Crippen molar-refractivity contribution in [3.05, 3.63) is 29.6 Å². The molecule has 0 unspecified atom stereocenters. The van der Waals surface area contributed by atoms with E-state index in [9.17, 15) is 14.0 Å². The summed E-state index contributed by atoms with van der Waals surface area (Å²) in [4.78, 5) is 34.0. The minimum absolute atomic E-state index is 0.0367. The molecule has 1 aromatic carbocycles. The van der Waals surface area contributed by atoms with Crippen LogP contribution in [0.25, 0.3) is 0 Å². The summed E-state index contributed by atoms with van der Waals surface area (Å²) >= 11 is 0. The average Bonchev–Trinajstić information content (AvgIpc) is 3.43. The number of piperidine rings is 2. The van der Waals surface area contributed by atoms with Crippen molar-refractivity contribution in [2.24, 2.45) is 5.92 Å². The van der Waals surface area contributed by atoms with Gasteiger partial charge in [-0.2, -0.15) is 0 Å². The Morgan fingerprint density at radius 2 is 1.76 bits per heavy atom. The van der Waals surface area contributed by atoms with Gasteiger partial charge in [-0.3, -0.25) is 14.5 Å². The van der Waals surface area contributed by atoms with Gasteiger partial charge in [-0.05, 0) is 62.1 Å². The van der Waals surface area contributed by atoms with Crippen LogP contribution in [0.5, 0.6) is 0 Å². The van der Waals surface area contributed by atoms with Crippen LogP contribution >= 0.6 is 0 Å². The third-order valence-corrected chi connectivity index (χ3v) is 9.75. The molecule has 5 rings (SSSR count). The smallest absolute Gasteiger partial charge is 0.261 e. The molecule has 1 aromatic rings. The highest BCUT2D eigenvalue weighted by atomic mass is 19.1. The number of alkyl halides is 1. The maximum atomic E-state index is 15.9. The van der Waals surface area contributed by atoms with E-state index in [4.69, 9.17) is 9.47 Å². The molecule has 0 spiro atoms. The molecule has 0 bridgehead atoms. The zero-order chi connectivity index (χ0) is 29.0. The number of methoxy groups -OCH3 is 1. The van der Waals surface area contributed by atoms with Gasteiger partial charge in [0, 0.05) is 97.3 Å². The number of benzene rings is 1. The summed E-state index contributed by atoms with van der Waals surface area (Å²) in [5.74, 6) is -0.366. The Balaban J connectivity index is 1.17. The van der Waals surface area contributed by atoms with Crippen LogP contribution in [0.15, 0.2) is 18.2 Å². The molecular formula is C31H46F2N4O4. The third-order valence-electron chi connectivity index (χ3n) is 9.75. The van der Waals surface area contributed by atoms with E-state index in [2.05, 4.69) is 9.80 Å². The molecule has 4 heterocycles. The molecule has 4 aliphatic rings. The largest absolute Gasteiger partial charge is 0.383 e. The first kappa shape index (κ1) is 30.2. The molecule has 228 valence electrons. The highest BCUT2D eigenvalue weighted by Gasteiger charge is 2.49. The normalized spacial score (nSPS) is 25.6. The summed E-state index contributed by atoms with van der Waals surface area (Å²) in [6.45, 7) is 5.69. The molecule has 0 saturated carbocycles. The van der Waals surface area contributed by atoms with Crippen LogP contribution in [0.1, 0.15) is 56.4 Å². The van der Waals surface area contributed by atoms with Crippen molar-refractivity contribution in [1.82, 2.24) is 14.7 Å². The van der Waals surface area contributed by atoms with Gasteiger partial charge in [0.05, 0.1) is 6.61 Å². The minimum Gasteiger partial charge on any atom is -0.383 e. The summed E-state index contributed by atoms with van der Waals surface area (Å²) in [7, 11) is 3.44. The first-order valence-corrected chi connectivity index (χ1v) is 15.4. The van der Waals surface area contributed by atoms with Crippen LogP contribution in [-0.2, 0) is 19.1 Å². The molecule has 8 nitrogen and oxygen atoms in total. The maximum absolute atomic E-state index is 15.9. The number of likely N-dealkylation sites (N-methyl/N-ethyl adjacent to an activating group) is 1. The average molecular weight is 577 g/mol. The summed E-state index contributed by atoms with van der Waals surface area (Å²) < 4.78 is 40.9. The van der Waals surface area contributed by atoms with Crippen LogP contribution in [0.2, 0.25) is 0 Å². The zero-order valence-electron chi connectivity index (χ0n) is 24.7. The Hall–Kier alpha value is -2.30. The summed E-state index contributed by atoms with van der Waals surface area (Å²) in [5, 5.41) is 0. The van der Waals surface area contributed by atoms with Gasteiger partial charge in [0.15, 0.2) is 0 Å². The predicted molar refractivity (Wildman–Crippen MR) is 153 cm³/mol. The summed E-state index contributed by atoms with van der Waals surface area (Å²) in [6, 6.07) is 5.30. The fourth-order valence-electron chi connectivity index (χ4n) is 7.17. The second-order valence-electron chi connectivity index (χ2n) is 12.3. The number of anilines is 1. The molecule has 4 fully saturated rings. The Morgan fingerprint density at radius 3 is 2.44 bits per heavy atom. The molecule has 0 aromatic heterocycles. The number of carbonyl (C=O) groups is 2. The van der Waals surface area contributed by atoms with Crippen molar-refractivity contribution >= 4 is 17.5 Å². The number of halogens is 2. The maximum Gasteiger partial charge on any atom is 0.261 e. The lowest BCUT2D eigenvalue weighted by Crippen LogP contribution is -2.51. The van der Waals surface area contributed by atoms with E-state index in [-0.39, 0.29) is 42.4 Å². The number of ether oxygens (including phenoxy) is 2. The van der Waals surface area contributed by atoms with E-state index in [1.165, 1.54) is 6.07 Å². The summed E-state index contributed by atoms with van der Waals surface area (Å²) in [5.41, 5.74) is 0.159. The van der Waals surface area contributed by atoms with Gasteiger partial charge in [0.25, 0.3) is 5.91 Å². The van der Waals surface area contributed by atoms with Gasteiger partial charge < -0.3 is 24.2 Å². The van der Waals surface area contributed by atoms with Crippen molar-refractivity contribution in [2.45, 2.75) is 62.6 Å². The highest BCUT2D eigenvalue weighted by molar-refractivity contribution is 5.86. The first-order chi connectivity index (χ1) is 19.8. The number of hydrogen-bond acceptors (Lipinski definition) is 6. The standard InChI is InChI=1S/C31H46F2N4O4/c1-34(17-20-40-2)29(38)24-7-12-35(13-8-24)28-21-25(32)3-4-27(28)23-5-14-36(15-6-23)30(39)31(33)11-16-37(22-31)26-9-18-41-19-10-26/h3-4,21,23-24,26H,5-20,22H2,1-2H3/t31-/m1/s1. The van der Waals surface area contributed by atoms with Gasteiger partial charge >= 0.3 is 0 Å². The number of likely N-dealkylation sites (tertiary alicyclic amines) is 2. The Morgan fingerprint density at radius 1 is 1.05 bits per heavy atom. The zero-order valence-corrected chi connectivity index (χ0v) is 24.7. The number of amides is 2. The van der Waals surface area contributed by atoms with Crippen LogP contribution in [-0.4, -0.2) is 118 Å². The number of hydrogen-bond donors (Lipinski definition) is 0. The molecule has 0 aliphatic carbocycles. The first-order valence-electron chi connectivity index (χ1n) is 15.4. The van der Waals surface area contributed by atoms with Crippen molar-refractivity contribution in [1.29, 1.82) is 0 Å². The van der Waals surface area contributed by atoms with Crippen LogP contribution < -0.4 is 4.90 Å². The molecular weight excluding hydrogens is 530 g/mol. The molecule has 0 N–H and O–H groups in total. The van der Waals surface area contributed by atoms with E-state index in [1.807, 2.05) is 13.1 Å². The lowest BCUT2D eigenvalue weighted by atomic mass is 9.86. The van der Waals surface area contributed by atoms with Gasteiger partial charge in [0.2, 0.25) is 11.6 Å². The van der Waals surface area contributed by atoms with Crippen LogP contribution in [0, 0.1) is 11.7 Å². The van der Waals surface area contributed by atoms with Gasteiger partial charge in [0.1, 0.15) is 5.82 Å². The van der Waals surface area contributed by atoms with Crippen molar-refractivity contribution < 1.29 is 27.8 Å². The monoisotopic (exact) mass is 576 g/mol. The van der Waals surface area contributed by atoms with E-state index < -0.39 is 5.67 Å². The second-order valence-corrected chi connectivity index (χ2v) is 12.3. The van der Waals surface area contributed by atoms with E-state index in [1.54, 1.807) is 23.0 Å². The molecule has 0 radical (unpaired) electrons. The lowest BCUT2D eigenvalue weighted by molar-refractivity contribution is -0.144. The van der Waals surface area contributed by atoms with Crippen molar-refractivity contribution in [3.63, 3.8) is 0 Å². The van der Waals surface area contributed by atoms with Crippen LogP contribution in [0.3, 0.4) is 0 Å². The van der Waals surface area contributed by atoms with Gasteiger partial charge in [-0.25, -0.2) is 8.78 Å². The predicted octanol–water partition coefficient (Wildman–Crippen LogP) is 3.45. The van der Waals surface area contributed by atoms with Crippen molar-refractivity contribution in [2.75, 3.05) is 84.7 Å². The van der Waals surface area contributed by atoms with Crippen LogP contribution in [0.4, 0.5) is 14.5 Å². The number of nitrogens with zero attached hydrogens (tertiary/aromatic N) is 4. The molecule has 2 amide bonds. The molecule has 1 atom stereocenters. The van der Waals surface area contributed by atoms with Crippen molar-refractivity contribution in [3.8, 4) is 0 Å². The number of carbonyl (C=O) groups excluding carboxylic acids is 2. The van der Waals surface area contributed by atoms with E-state index in [0.29, 0.717) is 65.1 Å². The Labute approximate surface area is 242 Å². The molecule has 4 saturated heterocycles. The van der Waals surface area contributed by atoms with Gasteiger partial charge in [-0.15, -0.1) is 0 Å². The topological polar surface area (TPSA) is 65.6 Å². The second kappa shape index (κ2) is 13.3. The van der Waals surface area contributed by atoms with Gasteiger partial charge in [-0.1, -0.05) is 6.07 Å². The number of rotatable bonds is 8. The van der Waals surface area contributed by atoms with E-state index >= 15 is 4.39 Å². The summed E-state index contributed by atoms with van der Waals surface area (Å²) in [6.07, 6.45) is 4.95. The molecule has 10 heteroatoms. The van der Waals surface area contributed by atoms with E-state index in [0.717, 1.165) is 49.8 Å². The molecule has 4 aliphatic heterocycles. The fourth-order valence-corrected chi connectivity index (χ4v) is 7.17. The SMILES string of the molecule is COCCN(C)C(=O)C1CCN(c2cc(F)ccc2C2CCN(C(=O)[C@@]3(F)CCN(C4CCOCC4)C3)CC2)CC1. The lowest BCUT2D eigenvalue weighted by Gasteiger charge is -2.39. The Bertz CT molecular complexity index is 1050. The fraction of sp³-hybridized carbons (Fsp3) is 0.742. The Kier molecular flexibility index (Phi) is 9.81. The highest BCUT2D eigenvalue weighted by Crippen LogP contribution is 2.39. The third kappa shape index (κ3) is 6.86. The molecule has 41 heavy (non-hydrogen) atoms. The quantitative estimate of drug-likeness (QED) is 0.473. The minimum atomic E-state index is -1.81.